The fourth-order valence-electron chi connectivity index (χ4n) is 2.96. The number of carbonyl (C=O) groups is 2. The number of rotatable bonds is 5. The van der Waals surface area contributed by atoms with Crippen molar-refractivity contribution in [1.82, 2.24) is 4.90 Å². The van der Waals surface area contributed by atoms with Crippen LogP contribution >= 0.6 is 11.6 Å². The third-order valence-corrected chi connectivity index (χ3v) is 4.74. The van der Waals surface area contributed by atoms with E-state index in [1.54, 1.807) is 4.90 Å². The Morgan fingerprint density at radius 1 is 1.16 bits per heavy atom. The van der Waals surface area contributed by atoms with Crippen molar-refractivity contribution in [2.45, 2.75) is 19.8 Å². The Balaban J connectivity index is 1.53. The van der Waals surface area contributed by atoms with Gasteiger partial charge in [0.15, 0.2) is 0 Å². The van der Waals surface area contributed by atoms with Gasteiger partial charge in [-0.3, -0.25) is 9.59 Å². The first kappa shape index (κ1) is 17.5. The predicted octanol–water partition coefficient (Wildman–Crippen LogP) is 3.68. The van der Waals surface area contributed by atoms with Crippen molar-refractivity contribution < 1.29 is 9.59 Å². The molecule has 1 aliphatic heterocycles. The Labute approximate surface area is 152 Å². The second-order valence-corrected chi connectivity index (χ2v) is 6.91. The predicted molar refractivity (Wildman–Crippen MR) is 99.7 cm³/mol. The molecule has 0 bridgehead atoms. The van der Waals surface area contributed by atoms with Gasteiger partial charge in [0, 0.05) is 30.2 Å². The molecule has 0 saturated carbocycles. The lowest BCUT2D eigenvalue weighted by Gasteiger charge is -2.16. The molecule has 1 fully saturated rings. The fourth-order valence-corrected chi connectivity index (χ4v) is 3.09. The molecule has 0 radical (unpaired) electrons. The van der Waals surface area contributed by atoms with E-state index in [-0.39, 0.29) is 24.2 Å². The summed E-state index contributed by atoms with van der Waals surface area (Å²) in [4.78, 5) is 26.4. The number of halogens is 1. The van der Waals surface area contributed by atoms with Gasteiger partial charge in [-0.15, -0.1) is 0 Å². The zero-order valence-electron chi connectivity index (χ0n) is 14.2. The minimum atomic E-state index is -0.293. The second-order valence-electron chi connectivity index (χ2n) is 6.47. The van der Waals surface area contributed by atoms with E-state index in [0.29, 0.717) is 18.1 Å². The smallest absolute Gasteiger partial charge is 0.229 e. The lowest BCUT2D eigenvalue weighted by Crippen LogP contribution is -2.30. The highest BCUT2D eigenvalue weighted by molar-refractivity contribution is 6.30. The standard InChI is InChI=1S/C20H21ClN2O2/c1-14-2-8-18(9-3-14)22-20(25)16-12-19(24)23(13-16)11-10-15-4-6-17(21)7-5-15/h2-9,16H,10-13H2,1H3,(H,22,25). The third-order valence-electron chi connectivity index (χ3n) is 4.49. The molecule has 25 heavy (non-hydrogen) atoms. The van der Waals surface area contributed by atoms with Crippen LogP contribution in [0.25, 0.3) is 0 Å². The summed E-state index contributed by atoms with van der Waals surface area (Å²) >= 11 is 5.88. The molecule has 2 amide bonds. The van der Waals surface area contributed by atoms with Crippen LogP contribution in [0, 0.1) is 12.8 Å². The van der Waals surface area contributed by atoms with E-state index in [9.17, 15) is 9.59 Å². The van der Waals surface area contributed by atoms with Crippen LogP contribution in [-0.2, 0) is 16.0 Å². The zero-order valence-corrected chi connectivity index (χ0v) is 14.9. The van der Waals surface area contributed by atoms with Crippen LogP contribution < -0.4 is 5.32 Å². The SMILES string of the molecule is Cc1ccc(NC(=O)C2CC(=O)N(CCc3ccc(Cl)cc3)C2)cc1. The Bertz CT molecular complexity index is 756. The van der Waals surface area contributed by atoms with Gasteiger partial charge in [-0.05, 0) is 43.2 Å². The molecule has 1 unspecified atom stereocenters. The van der Waals surface area contributed by atoms with Gasteiger partial charge in [-0.2, -0.15) is 0 Å². The van der Waals surface area contributed by atoms with Crippen LogP contribution in [-0.4, -0.2) is 29.8 Å². The van der Waals surface area contributed by atoms with E-state index in [1.807, 2.05) is 55.5 Å². The van der Waals surface area contributed by atoms with Crippen molar-refractivity contribution in [1.29, 1.82) is 0 Å². The topological polar surface area (TPSA) is 49.4 Å². The summed E-state index contributed by atoms with van der Waals surface area (Å²) in [7, 11) is 0. The first-order valence-electron chi connectivity index (χ1n) is 8.41. The zero-order chi connectivity index (χ0) is 17.8. The molecular formula is C20H21ClN2O2. The molecule has 1 aliphatic rings. The summed E-state index contributed by atoms with van der Waals surface area (Å²) in [6.45, 7) is 3.10. The van der Waals surface area contributed by atoms with E-state index < -0.39 is 0 Å². The number of carbonyl (C=O) groups excluding carboxylic acids is 2. The molecule has 4 nitrogen and oxygen atoms in total. The van der Waals surface area contributed by atoms with Gasteiger partial charge in [0.1, 0.15) is 0 Å². The molecule has 1 heterocycles. The molecule has 3 rings (SSSR count). The van der Waals surface area contributed by atoms with Crippen molar-refractivity contribution in [3.63, 3.8) is 0 Å². The van der Waals surface area contributed by atoms with Gasteiger partial charge in [0.2, 0.25) is 11.8 Å². The van der Waals surface area contributed by atoms with Gasteiger partial charge in [-0.25, -0.2) is 0 Å². The number of likely N-dealkylation sites (tertiary alicyclic amines) is 1. The van der Waals surface area contributed by atoms with Crippen molar-refractivity contribution >= 4 is 29.1 Å². The molecule has 0 spiro atoms. The third kappa shape index (κ3) is 4.60. The minimum Gasteiger partial charge on any atom is -0.342 e. The molecule has 2 aromatic rings. The number of aryl methyl sites for hydroxylation is 1. The number of hydrogen-bond acceptors (Lipinski definition) is 2. The number of amides is 2. The molecule has 5 heteroatoms. The summed E-state index contributed by atoms with van der Waals surface area (Å²) in [5, 5.41) is 3.60. The van der Waals surface area contributed by atoms with Gasteiger partial charge in [0.05, 0.1) is 5.92 Å². The van der Waals surface area contributed by atoms with Crippen molar-refractivity contribution in [2.75, 3.05) is 18.4 Å². The average Bonchev–Trinajstić information content (AvgIpc) is 2.97. The summed E-state index contributed by atoms with van der Waals surface area (Å²) in [6, 6.07) is 15.3. The highest BCUT2D eigenvalue weighted by atomic mass is 35.5. The van der Waals surface area contributed by atoms with Crippen molar-refractivity contribution in [3.05, 3.63) is 64.7 Å². The lowest BCUT2D eigenvalue weighted by molar-refractivity contribution is -0.128. The lowest BCUT2D eigenvalue weighted by atomic mass is 10.1. The fraction of sp³-hybridized carbons (Fsp3) is 0.300. The Kier molecular flexibility index (Phi) is 5.39. The first-order chi connectivity index (χ1) is 12.0. The van der Waals surface area contributed by atoms with E-state index in [4.69, 9.17) is 11.6 Å². The van der Waals surface area contributed by atoms with Crippen LogP contribution in [0.1, 0.15) is 17.5 Å². The maximum Gasteiger partial charge on any atom is 0.229 e. The Morgan fingerprint density at radius 3 is 2.52 bits per heavy atom. The number of hydrogen-bond donors (Lipinski definition) is 1. The quantitative estimate of drug-likeness (QED) is 0.888. The molecule has 130 valence electrons. The number of benzene rings is 2. The van der Waals surface area contributed by atoms with Crippen molar-refractivity contribution in [3.8, 4) is 0 Å². The number of nitrogens with one attached hydrogen (secondary N) is 1. The maximum absolute atomic E-state index is 12.4. The average molecular weight is 357 g/mol. The summed E-state index contributed by atoms with van der Waals surface area (Å²) in [6.07, 6.45) is 1.04. The number of anilines is 1. The van der Waals surface area contributed by atoms with Crippen molar-refractivity contribution in [2.24, 2.45) is 5.92 Å². The second kappa shape index (κ2) is 7.70. The Hall–Kier alpha value is -2.33. The molecule has 1 N–H and O–H groups in total. The van der Waals surface area contributed by atoms with E-state index in [0.717, 1.165) is 23.2 Å². The maximum atomic E-state index is 12.4. The van der Waals surface area contributed by atoms with Gasteiger partial charge in [-0.1, -0.05) is 41.4 Å². The van der Waals surface area contributed by atoms with Crippen LogP contribution in [0.4, 0.5) is 5.69 Å². The highest BCUT2D eigenvalue weighted by Crippen LogP contribution is 2.21. The summed E-state index contributed by atoms with van der Waals surface area (Å²) in [5.74, 6) is -0.344. The largest absolute Gasteiger partial charge is 0.342 e. The van der Waals surface area contributed by atoms with Gasteiger partial charge >= 0.3 is 0 Å². The molecule has 2 aromatic carbocycles. The molecule has 0 aromatic heterocycles. The monoisotopic (exact) mass is 356 g/mol. The summed E-state index contributed by atoms with van der Waals surface area (Å²) < 4.78 is 0. The minimum absolute atomic E-state index is 0.0398. The Morgan fingerprint density at radius 2 is 1.84 bits per heavy atom. The van der Waals surface area contributed by atoms with Crippen LogP contribution in [0.2, 0.25) is 5.02 Å². The van der Waals surface area contributed by atoms with E-state index >= 15 is 0 Å². The molecule has 1 saturated heterocycles. The first-order valence-corrected chi connectivity index (χ1v) is 8.79. The van der Waals surface area contributed by atoms with Crippen LogP contribution in [0.15, 0.2) is 48.5 Å². The van der Waals surface area contributed by atoms with E-state index in [1.165, 1.54) is 0 Å². The molecule has 1 atom stereocenters. The highest BCUT2D eigenvalue weighted by Gasteiger charge is 2.33. The van der Waals surface area contributed by atoms with Crippen LogP contribution in [0.5, 0.6) is 0 Å². The molecule has 0 aliphatic carbocycles. The van der Waals surface area contributed by atoms with E-state index in [2.05, 4.69) is 5.32 Å². The normalized spacial score (nSPS) is 17.0. The summed E-state index contributed by atoms with van der Waals surface area (Å²) in [5.41, 5.74) is 3.04. The van der Waals surface area contributed by atoms with Crippen LogP contribution in [0.3, 0.4) is 0 Å². The molecular weight excluding hydrogens is 336 g/mol. The van der Waals surface area contributed by atoms with Gasteiger partial charge in [0.25, 0.3) is 0 Å². The number of nitrogens with zero attached hydrogens (tertiary/aromatic N) is 1. The van der Waals surface area contributed by atoms with Gasteiger partial charge < -0.3 is 10.2 Å².